The van der Waals surface area contributed by atoms with Crippen molar-refractivity contribution in [1.82, 2.24) is 9.80 Å². The summed E-state index contributed by atoms with van der Waals surface area (Å²) in [6.45, 7) is 12.3. The van der Waals surface area contributed by atoms with Gasteiger partial charge in [0.2, 0.25) is 11.8 Å². The van der Waals surface area contributed by atoms with Crippen molar-refractivity contribution in [3.05, 3.63) is 61.2 Å². The quantitative estimate of drug-likeness (QED) is 0.331. The smallest absolute Gasteiger partial charge is 0.311 e. The number of hydrogen-bond acceptors (Lipinski definition) is 6. The van der Waals surface area contributed by atoms with Crippen molar-refractivity contribution >= 4 is 29.5 Å². The van der Waals surface area contributed by atoms with Crippen LogP contribution in [0.1, 0.15) is 44.7 Å². The molecule has 3 aliphatic rings. The number of aliphatic hydroxyl groups is 1. The van der Waals surface area contributed by atoms with Crippen LogP contribution >= 0.6 is 11.8 Å². The molecule has 2 amide bonds. The van der Waals surface area contributed by atoms with Crippen LogP contribution in [-0.2, 0) is 19.1 Å². The summed E-state index contributed by atoms with van der Waals surface area (Å²) < 4.78 is 4.69. The first-order valence-electron chi connectivity index (χ1n) is 13.2. The number of benzene rings is 1. The third-order valence-electron chi connectivity index (χ3n) is 8.17. The van der Waals surface area contributed by atoms with Gasteiger partial charge in [0, 0.05) is 18.3 Å². The van der Waals surface area contributed by atoms with Crippen molar-refractivity contribution in [2.75, 3.05) is 26.3 Å². The molecule has 3 heterocycles. The van der Waals surface area contributed by atoms with Gasteiger partial charge in [-0.3, -0.25) is 14.4 Å². The van der Waals surface area contributed by atoms with Gasteiger partial charge in [-0.05, 0) is 24.3 Å². The second kappa shape index (κ2) is 11.4. The maximum absolute atomic E-state index is 14.4. The normalized spacial score (nSPS) is 30.6. The Morgan fingerprint density at radius 1 is 1.30 bits per heavy atom. The van der Waals surface area contributed by atoms with Gasteiger partial charge in [0.15, 0.2) is 0 Å². The predicted octanol–water partition coefficient (Wildman–Crippen LogP) is 3.60. The first kappa shape index (κ1) is 27.5. The van der Waals surface area contributed by atoms with E-state index in [2.05, 4.69) is 27.0 Å². The lowest BCUT2D eigenvalue weighted by atomic mass is 9.66. The third kappa shape index (κ3) is 4.52. The van der Waals surface area contributed by atoms with Crippen molar-refractivity contribution < 1.29 is 24.2 Å². The van der Waals surface area contributed by atoms with E-state index in [-0.39, 0.29) is 36.2 Å². The van der Waals surface area contributed by atoms with E-state index < -0.39 is 34.6 Å². The average molecular weight is 527 g/mol. The fourth-order valence-corrected chi connectivity index (χ4v) is 8.97. The highest BCUT2D eigenvalue weighted by atomic mass is 32.2. The number of aliphatic hydroxyl groups excluding tert-OH is 1. The molecule has 4 rings (SSSR count). The molecule has 0 saturated carbocycles. The van der Waals surface area contributed by atoms with Gasteiger partial charge in [-0.2, -0.15) is 0 Å². The molecule has 8 heteroatoms. The molecule has 37 heavy (non-hydrogen) atoms. The van der Waals surface area contributed by atoms with E-state index in [1.54, 1.807) is 27.6 Å². The molecule has 1 N–H and O–H groups in total. The molecule has 3 saturated heterocycles. The van der Waals surface area contributed by atoms with E-state index in [0.717, 1.165) is 24.8 Å². The van der Waals surface area contributed by atoms with Crippen LogP contribution in [0.3, 0.4) is 0 Å². The number of fused-ring (bicyclic) bond motifs is 1. The van der Waals surface area contributed by atoms with Crippen molar-refractivity contribution in [3.63, 3.8) is 0 Å². The number of rotatable bonds is 12. The maximum Gasteiger partial charge on any atom is 0.311 e. The van der Waals surface area contributed by atoms with Gasteiger partial charge >= 0.3 is 5.97 Å². The Balaban J connectivity index is 1.84. The number of hydrogen-bond donors (Lipinski definition) is 1. The number of ether oxygens (including phenoxy) is 1. The summed E-state index contributed by atoms with van der Waals surface area (Å²) in [6.07, 6.45) is 5.72. The van der Waals surface area contributed by atoms with Crippen LogP contribution in [0.2, 0.25) is 0 Å². The number of unbranched alkanes of at least 4 members (excludes halogenated alkanes) is 1. The van der Waals surface area contributed by atoms with Crippen LogP contribution in [0.25, 0.3) is 0 Å². The Labute approximate surface area is 223 Å². The molecule has 2 bridgehead atoms. The van der Waals surface area contributed by atoms with Crippen LogP contribution < -0.4 is 0 Å². The fourth-order valence-electron chi connectivity index (χ4n) is 6.58. The van der Waals surface area contributed by atoms with Crippen molar-refractivity contribution in [2.24, 2.45) is 17.8 Å². The maximum atomic E-state index is 14.4. The topological polar surface area (TPSA) is 87.2 Å². The first-order chi connectivity index (χ1) is 17.9. The second-order valence-corrected chi connectivity index (χ2v) is 11.8. The minimum absolute atomic E-state index is 0.0331. The Hall–Kier alpha value is -2.58. The summed E-state index contributed by atoms with van der Waals surface area (Å²) in [4.78, 5) is 45.4. The van der Waals surface area contributed by atoms with Crippen LogP contribution in [-0.4, -0.2) is 75.0 Å². The molecule has 3 aliphatic heterocycles. The van der Waals surface area contributed by atoms with E-state index in [1.165, 1.54) is 6.08 Å². The second-order valence-electron chi connectivity index (χ2n) is 10.3. The molecule has 1 aromatic rings. The fraction of sp³-hybridized carbons (Fsp3) is 0.552. The van der Waals surface area contributed by atoms with Crippen LogP contribution in [0.4, 0.5) is 0 Å². The van der Waals surface area contributed by atoms with E-state index >= 15 is 0 Å². The van der Waals surface area contributed by atoms with E-state index in [9.17, 15) is 19.5 Å². The molecule has 3 fully saturated rings. The lowest BCUT2D eigenvalue weighted by Gasteiger charge is -2.42. The summed E-state index contributed by atoms with van der Waals surface area (Å²) in [5.41, 5.74) is 0.759. The SMILES string of the molecule is C=CCOC(=O)[C@@H]1[C@@H]2CC(C)C3(S2)C(C(=O)N(CC=C)CCCC)N([C@H](CO)c2ccccc2)C(=O)[C@H]13. The Morgan fingerprint density at radius 3 is 2.65 bits per heavy atom. The van der Waals surface area contributed by atoms with Crippen molar-refractivity contribution in [2.45, 2.75) is 55.2 Å². The zero-order valence-corrected chi connectivity index (χ0v) is 22.6. The number of carbonyl (C=O) groups is 3. The van der Waals surface area contributed by atoms with Gasteiger partial charge in [-0.1, -0.05) is 69.3 Å². The zero-order chi connectivity index (χ0) is 26.7. The highest BCUT2D eigenvalue weighted by Crippen LogP contribution is 2.69. The summed E-state index contributed by atoms with van der Waals surface area (Å²) in [6, 6.07) is 7.82. The molecular weight excluding hydrogens is 488 g/mol. The van der Waals surface area contributed by atoms with Crippen LogP contribution in [0.5, 0.6) is 0 Å². The highest BCUT2D eigenvalue weighted by molar-refractivity contribution is 8.02. The number of likely N-dealkylation sites (tertiary alicyclic amines) is 1. The zero-order valence-electron chi connectivity index (χ0n) is 21.8. The van der Waals surface area contributed by atoms with E-state index in [4.69, 9.17) is 4.74 Å². The molecular formula is C29H38N2O5S. The van der Waals surface area contributed by atoms with Gasteiger partial charge in [0.05, 0.1) is 29.2 Å². The summed E-state index contributed by atoms with van der Waals surface area (Å²) in [5.74, 6) is -2.09. The lowest BCUT2D eigenvalue weighted by molar-refractivity contribution is -0.154. The number of nitrogens with zero attached hydrogens (tertiary/aromatic N) is 2. The van der Waals surface area contributed by atoms with Crippen LogP contribution in [0, 0.1) is 17.8 Å². The Kier molecular flexibility index (Phi) is 8.49. The van der Waals surface area contributed by atoms with Crippen LogP contribution in [0.15, 0.2) is 55.6 Å². The largest absolute Gasteiger partial charge is 0.461 e. The van der Waals surface area contributed by atoms with Gasteiger partial charge < -0.3 is 19.6 Å². The Morgan fingerprint density at radius 2 is 2.03 bits per heavy atom. The monoisotopic (exact) mass is 526 g/mol. The van der Waals surface area contributed by atoms with Gasteiger partial charge in [-0.15, -0.1) is 18.3 Å². The number of thioether (sulfide) groups is 1. The number of esters is 1. The summed E-state index contributed by atoms with van der Waals surface area (Å²) in [7, 11) is 0. The minimum atomic E-state index is -0.804. The summed E-state index contributed by atoms with van der Waals surface area (Å²) >= 11 is 1.61. The number of amides is 2. The van der Waals surface area contributed by atoms with E-state index in [0.29, 0.717) is 13.1 Å². The van der Waals surface area contributed by atoms with Crippen molar-refractivity contribution in [1.29, 1.82) is 0 Å². The molecule has 0 radical (unpaired) electrons. The average Bonchev–Trinajstić information content (AvgIpc) is 3.50. The van der Waals surface area contributed by atoms with Gasteiger partial charge in [0.1, 0.15) is 12.6 Å². The predicted molar refractivity (Wildman–Crippen MR) is 145 cm³/mol. The molecule has 0 aromatic heterocycles. The van der Waals surface area contributed by atoms with Gasteiger partial charge in [-0.25, -0.2) is 0 Å². The lowest BCUT2D eigenvalue weighted by Crippen LogP contribution is -2.58. The first-order valence-corrected chi connectivity index (χ1v) is 14.1. The molecule has 7 nitrogen and oxygen atoms in total. The third-order valence-corrected chi connectivity index (χ3v) is 10.2. The molecule has 200 valence electrons. The molecule has 1 spiro atoms. The molecule has 0 aliphatic carbocycles. The minimum Gasteiger partial charge on any atom is -0.461 e. The highest BCUT2D eigenvalue weighted by Gasteiger charge is 2.77. The number of carbonyl (C=O) groups excluding carboxylic acids is 3. The van der Waals surface area contributed by atoms with E-state index in [1.807, 2.05) is 30.3 Å². The van der Waals surface area contributed by atoms with Crippen molar-refractivity contribution in [3.8, 4) is 0 Å². The standard InChI is InChI=1S/C29H38N2O5S/c1-5-8-15-30(14-6-2)27(34)25-29-19(4)17-22(37-29)23(28(35)36-16-7-3)24(29)26(33)31(25)21(18-32)20-12-10-9-11-13-20/h6-7,9-13,19,21-25,32H,2-3,5,8,14-18H2,1,4H3/t19?,21-,22+,23-,24+,25?,29?/m1/s1. The van der Waals surface area contributed by atoms with Gasteiger partial charge in [0.25, 0.3) is 0 Å². The molecule has 1 aromatic carbocycles. The molecule has 7 atom stereocenters. The summed E-state index contributed by atoms with van der Waals surface area (Å²) in [5, 5.41) is 10.5. The molecule has 3 unspecified atom stereocenters. The Bertz CT molecular complexity index is 1030.